The van der Waals surface area contributed by atoms with E-state index in [1.54, 1.807) is 21.3 Å². The van der Waals surface area contributed by atoms with Crippen molar-refractivity contribution in [3.63, 3.8) is 0 Å². The molecule has 0 aliphatic carbocycles. The highest BCUT2D eigenvalue weighted by molar-refractivity contribution is 5.00. The quantitative estimate of drug-likeness (QED) is 0.311. The molecular formula is C34H52O6. The number of hydrogen-bond acceptors (Lipinski definition) is 6. The van der Waals surface area contributed by atoms with Crippen molar-refractivity contribution < 1.29 is 28.4 Å². The van der Waals surface area contributed by atoms with Crippen molar-refractivity contribution in [2.75, 3.05) is 61.0 Å². The molecule has 3 atom stereocenters. The van der Waals surface area contributed by atoms with Gasteiger partial charge in [0.25, 0.3) is 0 Å². The average Bonchev–Trinajstić information content (AvgIpc) is 3.82. The summed E-state index contributed by atoms with van der Waals surface area (Å²) in [6.07, 6.45) is 1.28. The van der Waals surface area contributed by atoms with Gasteiger partial charge in [0.2, 0.25) is 0 Å². The zero-order valence-electron chi connectivity index (χ0n) is 25.4. The van der Waals surface area contributed by atoms with E-state index in [0.717, 1.165) is 45.6 Å². The maximum atomic E-state index is 4.82. The first kappa shape index (κ1) is 37.4. The molecule has 3 unspecified atom stereocenters. The van der Waals surface area contributed by atoms with Crippen LogP contribution in [0.15, 0.2) is 109 Å². The molecule has 3 fully saturated rings. The van der Waals surface area contributed by atoms with Crippen LogP contribution in [-0.4, -0.2) is 79.3 Å². The molecule has 3 aromatic carbocycles. The zero-order chi connectivity index (χ0) is 29.5. The van der Waals surface area contributed by atoms with E-state index >= 15 is 0 Å². The van der Waals surface area contributed by atoms with E-state index in [1.807, 2.05) is 109 Å². The molecule has 40 heavy (non-hydrogen) atoms. The van der Waals surface area contributed by atoms with Crippen molar-refractivity contribution in [3.8, 4) is 0 Å². The minimum Gasteiger partial charge on any atom is -0.382 e. The third-order valence-electron chi connectivity index (χ3n) is 4.26. The molecule has 3 aromatic rings. The predicted molar refractivity (Wildman–Crippen MR) is 165 cm³/mol. The first-order valence-corrected chi connectivity index (χ1v) is 13.8. The van der Waals surface area contributed by atoms with E-state index in [0.29, 0.717) is 18.3 Å². The molecule has 6 nitrogen and oxygen atoms in total. The van der Waals surface area contributed by atoms with Crippen LogP contribution in [0.3, 0.4) is 0 Å². The molecule has 3 aliphatic heterocycles. The molecule has 224 valence electrons. The molecule has 0 radical (unpaired) electrons. The number of hydrogen-bond donors (Lipinski definition) is 0. The number of rotatable bonds is 6. The van der Waals surface area contributed by atoms with Crippen molar-refractivity contribution in [3.05, 3.63) is 109 Å². The Bertz CT molecular complexity index is 617. The Morgan fingerprint density at radius 2 is 0.550 bits per heavy atom. The number of methoxy groups -OCH3 is 3. The van der Waals surface area contributed by atoms with Gasteiger partial charge in [-0.2, -0.15) is 0 Å². The van der Waals surface area contributed by atoms with Crippen LogP contribution in [0, 0.1) is 5.92 Å². The molecule has 0 amide bonds. The van der Waals surface area contributed by atoms with Crippen molar-refractivity contribution in [1.29, 1.82) is 0 Å². The molecular weight excluding hydrogens is 504 g/mol. The zero-order valence-corrected chi connectivity index (χ0v) is 25.4. The van der Waals surface area contributed by atoms with Crippen molar-refractivity contribution in [2.45, 2.75) is 39.1 Å². The van der Waals surface area contributed by atoms with E-state index in [9.17, 15) is 0 Å². The standard InChI is InChI=1S/3C6H6.3C4H8O2.C4H10/c3*1-2-4-6-5-3-1;3*1-5-2-4-3-6-4;1-4(2)3/h3*1-6H;3*4H,2-3H2,1H3;4H,1-3H3. The summed E-state index contributed by atoms with van der Waals surface area (Å²) in [6.45, 7) is 11.5. The lowest BCUT2D eigenvalue weighted by atomic mass is 10.3. The summed E-state index contributed by atoms with van der Waals surface area (Å²) in [7, 11) is 5.05. The van der Waals surface area contributed by atoms with Gasteiger partial charge in [-0.3, -0.25) is 0 Å². The van der Waals surface area contributed by atoms with Crippen LogP contribution in [-0.2, 0) is 28.4 Å². The van der Waals surface area contributed by atoms with Crippen LogP contribution in [0.1, 0.15) is 20.8 Å². The predicted octanol–water partition coefficient (Wildman–Crippen LogP) is 6.82. The average molecular weight is 557 g/mol. The van der Waals surface area contributed by atoms with Crippen LogP contribution in [0.4, 0.5) is 0 Å². The first-order chi connectivity index (χ1) is 19.5. The fourth-order valence-corrected chi connectivity index (χ4v) is 2.21. The fourth-order valence-electron chi connectivity index (χ4n) is 2.21. The molecule has 3 aliphatic rings. The summed E-state index contributed by atoms with van der Waals surface area (Å²) in [5.41, 5.74) is 0. The second-order valence-electron chi connectivity index (χ2n) is 9.43. The minimum absolute atomic E-state index is 0.426. The monoisotopic (exact) mass is 556 g/mol. The van der Waals surface area contributed by atoms with Gasteiger partial charge in [0, 0.05) is 21.3 Å². The Labute approximate surface area is 243 Å². The summed E-state index contributed by atoms with van der Waals surface area (Å²) >= 11 is 0. The van der Waals surface area contributed by atoms with Gasteiger partial charge in [0.1, 0.15) is 18.3 Å². The molecule has 0 N–H and O–H groups in total. The Balaban J connectivity index is 0.000000445. The van der Waals surface area contributed by atoms with E-state index in [1.165, 1.54) is 0 Å². The Hall–Kier alpha value is -2.58. The smallest absolute Gasteiger partial charge is 0.104 e. The fraction of sp³-hybridized carbons (Fsp3) is 0.471. The van der Waals surface area contributed by atoms with Crippen molar-refractivity contribution in [1.82, 2.24) is 0 Å². The lowest BCUT2D eigenvalue weighted by molar-refractivity contribution is 0.171. The summed E-state index contributed by atoms with van der Waals surface area (Å²) in [4.78, 5) is 0. The highest BCUT2D eigenvalue weighted by atomic mass is 16.6. The van der Waals surface area contributed by atoms with Crippen LogP contribution >= 0.6 is 0 Å². The van der Waals surface area contributed by atoms with Crippen molar-refractivity contribution in [2.24, 2.45) is 5.92 Å². The molecule has 0 spiro atoms. The van der Waals surface area contributed by atoms with Gasteiger partial charge in [-0.05, 0) is 5.92 Å². The first-order valence-electron chi connectivity index (χ1n) is 13.8. The Morgan fingerprint density at radius 3 is 0.600 bits per heavy atom. The van der Waals surface area contributed by atoms with Crippen LogP contribution < -0.4 is 0 Å². The normalized spacial score (nSPS) is 18.2. The third kappa shape index (κ3) is 37.6. The molecule has 6 rings (SSSR count). The Morgan fingerprint density at radius 1 is 0.425 bits per heavy atom. The molecule has 3 heterocycles. The third-order valence-corrected chi connectivity index (χ3v) is 4.26. The van der Waals surface area contributed by atoms with Crippen molar-refractivity contribution >= 4 is 0 Å². The van der Waals surface area contributed by atoms with Gasteiger partial charge in [0.05, 0.1) is 39.6 Å². The summed E-state index contributed by atoms with van der Waals surface area (Å²) in [5, 5.41) is 0. The van der Waals surface area contributed by atoms with Crippen LogP contribution in [0.5, 0.6) is 0 Å². The maximum Gasteiger partial charge on any atom is 0.104 e. The van der Waals surface area contributed by atoms with Gasteiger partial charge in [-0.15, -0.1) is 0 Å². The van der Waals surface area contributed by atoms with Crippen LogP contribution in [0.2, 0.25) is 0 Å². The van der Waals surface area contributed by atoms with E-state index in [-0.39, 0.29) is 0 Å². The molecule has 3 saturated heterocycles. The van der Waals surface area contributed by atoms with Gasteiger partial charge in [0.15, 0.2) is 0 Å². The summed E-state index contributed by atoms with van der Waals surface area (Å²) < 4.78 is 28.7. The summed E-state index contributed by atoms with van der Waals surface area (Å²) in [5.74, 6) is 0.833. The molecule has 0 saturated carbocycles. The second kappa shape index (κ2) is 29.4. The highest BCUT2D eigenvalue weighted by Gasteiger charge is 2.22. The van der Waals surface area contributed by atoms with Gasteiger partial charge in [-0.1, -0.05) is 130 Å². The number of benzene rings is 3. The molecule has 6 heteroatoms. The van der Waals surface area contributed by atoms with E-state index in [4.69, 9.17) is 28.4 Å². The van der Waals surface area contributed by atoms with E-state index < -0.39 is 0 Å². The van der Waals surface area contributed by atoms with Gasteiger partial charge < -0.3 is 28.4 Å². The van der Waals surface area contributed by atoms with Gasteiger partial charge in [-0.25, -0.2) is 0 Å². The SMILES string of the molecule is CC(C)C.COCC1CO1.COCC1CO1.COCC1CO1.c1ccccc1.c1ccccc1.c1ccccc1. The highest BCUT2D eigenvalue weighted by Crippen LogP contribution is 2.08. The van der Waals surface area contributed by atoms with Crippen LogP contribution in [0.25, 0.3) is 0 Å². The minimum atomic E-state index is 0.426. The number of ether oxygens (including phenoxy) is 6. The largest absolute Gasteiger partial charge is 0.382 e. The lowest BCUT2D eigenvalue weighted by Gasteiger charge is -1.84. The summed E-state index contributed by atoms with van der Waals surface area (Å²) in [6, 6.07) is 36.0. The Kier molecular flexibility index (Phi) is 27.5. The lowest BCUT2D eigenvalue weighted by Crippen LogP contribution is -1.94. The number of epoxide rings is 3. The molecule has 0 aromatic heterocycles. The maximum absolute atomic E-state index is 4.82. The van der Waals surface area contributed by atoms with Gasteiger partial charge >= 0.3 is 0 Å². The van der Waals surface area contributed by atoms with E-state index in [2.05, 4.69) is 20.8 Å². The molecule has 0 bridgehead atoms. The second-order valence-corrected chi connectivity index (χ2v) is 9.43. The topological polar surface area (TPSA) is 65.3 Å².